The zero-order valence-corrected chi connectivity index (χ0v) is 15.4. The Bertz CT molecular complexity index is 796. The van der Waals surface area contributed by atoms with Crippen molar-refractivity contribution in [2.24, 2.45) is 11.8 Å². The molecule has 134 valence electrons. The predicted molar refractivity (Wildman–Crippen MR) is 96.1 cm³/mol. The van der Waals surface area contributed by atoms with Crippen LogP contribution in [0.25, 0.3) is 0 Å². The fourth-order valence-electron chi connectivity index (χ4n) is 2.32. The Balaban J connectivity index is 2.47. The van der Waals surface area contributed by atoms with E-state index in [4.69, 9.17) is 11.6 Å². The van der Waals surface area contributed by atoms with Crippen LogP contribution in [-0.4, -0.2) is 21.0 Å². The van der Waals surface area contributed by atoms with Crippen molar-refractivity contribution in [3.05, 3.63) is 46.1 Å². The van der Waals surface area contributed by atoms with Crippen LogP contribution in [-0.2, 0) is 6.42 Å². The van der Waals surface area contributed by atoms with E-state index in [1.54, 1.807) is 6.20 Å². The zero-order valence-electron chi connectivity index (χ0n) is 14.6. The van der Waals surface area contributed by atoms with Crippen LogP contribution in [0.5, 0.6) is 0 Å². The van der Waals surface area contributed by atoms with E-state index >= 15 is 0 Å². The van der Waals surface area contributed by atoms with Crippen molar-refractivity contribution in [3.8, 4) is 0 Å². The number of carboxylic acid groups (broad SMARTS) is 1. The summed E-state index contributed by atoms with van der Waals surface area (Å²) in [7, 11) is 0. The predicted octanol–water partition coefficient (Wildman–Crippen LogP) is 4.85. The number of aryl methyl sites for hydroxylation is 1. The molecule has 2 N–H and O–H groups in total. The summed E-state index contributed by atoms with van der Waals surface area (Å²) in [6.45, 7) is 8.29. The molecule has 7 heteroatoms. The highest BCUT2D eigenvalue weighted by Crippen LogP contribution is 2.29. The Morgan fingerprint density at radius 2 is 2.08 bits per heavy atom. The number of aromatic nitrogens is 2. The summed E-state index contributed by atoms with van der Waals surface area (Å²) in [5, 5.41) is 11.9. The zero-order chi connectivity index (χ0) is 18.7. The van der Waals surface area contributed by atoms with E-state index < -0.39 is 11.8 Å². The number of halogens is 2. The maximum Gasteiger partial charge on any atom is 0.339 e. The first kappa shape index (κ1) is 19.1. The van der Waals surface area contributed by atoms with Gasteiger partial charge in [-0.1, -0.05) is 32.4 Å². The number of anilines is 2. The number of carbonyl (C=O) groups is 1. The molecule has 5 nitrogen and oxygen atoms in total. The first-order valence-electron chi connectivity index (χ1n) is 8.01. The quantitative estimate of drug-likeness (QED) is 0.715. The van der Waals surface area contributed by atoms with Crippen molar-refractivity contribution in [3.63, 3.8) is 0 Å². The van der Waals surface area contributed by atoms with E-state index in [1.807, 2.05) is 13.0 Å². The number of carboxylic acids is 1. The van der Waals surface area contributed by atoms with Crippen LogP contribution >= 0.6 is 11.6 Å². The number of pyridine rings is 2. The minimum atomic E-state index is -1.29. The third kappa shape index (κ3) is 4.45. The fraction of sp³-hybridized carbons (Fsp3) is 0.389. The van der Waals surface area contributed by atoms with Gasteiger partial charge in [-0.2, -0.15) is 0 Å². The summed E-state index contributed by atoms with van der Waals surface area (Å²) >= 11 is 5.73. The van der Waals surface area contributed by atoms with Crippen LogP contribution in [0.2, 0.25) is 5.15 Å². The van der Waals surface area contributed by atoms with Gasteiger partial charge >= 0.3 is 5.97 Å². The lowest BCUT2D eigenvalue weighted by Crippen LogP contribution is -2.13. The molecule has 2 rings (SSSR count). The number of rotatable bonds is 6. The van der Waals surface area contributed by atoms with Crippen LogP contribution in [0, 0.1) is 24.6 Å². The normalized spacial score (nSPS) is 12.3. The molecule has 1 unspecified atom stereocenters. The molecule has 0 aromatic carbocycles. The maximum atomic E-state index is 13.6. The monoisotopic (exact) mass is 365 g/mol. The topological polar surface area (TPSA) is 75.1 Å². The second kappa shape index (κ2) is 7.78. The molecule has 0 bridgehead atoms. The van der Waals surface area contributed by atoms with Crippen molar-refractivity contribution in [1.29, 1.82) is 0 Å². The summed E-state index contributed by atoms with van der Waals surface area (Å²) in [4.78, 5) is 19.7. The molecule has 2 heterocycles. The number of aromatic carboxylic acids is 1. The highest BCUT2D eigenvalue weighted by atomic mass is 35.5. The van der Waals surface area contributed by atoms with Crippen molar-refractivity contribution in [1.82, 2.24) is 9.97 Å². The molecular weight excluding hydrogens is 345 g/mol. The Labute approximate surface area is 151 Å². The maximum absolute atomic E-state index is 13.6. The van der Waals surface area contributed by atoms with Gasteiger partial charge in [0.2, 0.25) is 0 Å². The van der Waals surface area contributed by atoms with Gasteiger partial charge in [0.05, 0.1) is 11.4 Å². The number of hydrogen-bond acceptors (Lipinski definition) is 4. The van der Waals surface area contributed by atoms with Crippen LogP contribution < -0.4 is 5.32 Å². The molecule has 0 radical (unpaired) electrons. The van der Waals surface area contributed by atoms with Gasteiger partial charge < -0.3 is 10.4 Å². The second-order valence-corrected chi connectivity index (χ2v) is 6.82. The molecule has 0 spiro atoms. The van der Waals surface area contributed by atoms with Gasteiger partial charge in [0, 0.05) is 6.20 Å². The standard InChI is InChI=1S/C18H21ClFN3O2/c1-9(2)11(4)7-14-15(10(3)5-6-21-14)22-17-12(18(24)25)8-13(20)16(19)23-17/h5-6,8-9,11H,7H2,1-4H3,(H,22,23)(H,24,25). The lowest BCUT2D eigenvalue weighted by molar-refractivity contribution is 0.0697. The Kier molecular flexibility index (Phi) is 5.95. The van der Waals surface area contributed by atoms with Gasteiger partial charge in [-0.15, -0.1) is 0 Å². The van der Waals surface area contributed by atoms with E-state index in [2.05, 4.69) is 36.1 Å². The molecule has 0 aliphatic heterocycles. The van der Waals surface area contributed by atoms with Crippen molar-refractivity contribution >= 4 is 29.1 Å². The molecule has 0 aliphatic rings. The highest BCUT2D eigenvalue weighted by Gasteiger charge is 2.19. The summed E-state index contributed by atoms with van der Waals surface area (Å²) in [5.41, 5.74) is 2.08. The molecule has 0 aliphatic carbocycles. The van der Waals surface area contributed by atoms with E-state index in [9.17, 15) is 14.3 Å². The third-order valence-corrected chi connectivity index (χ3v) is 4.56. The van der Waals surface area contributed by atoms with Crippen LogP contribution in [0.4, 0.5) is 15.9 Å². The fourth-order valence-corrected chi connectivity index (χ4v) is 2.46. The van der Waals surface area contributed by atoms with E-state index in [1.165, 1.54) is 0 Å². The molecular formula is C18H21ClFN3O2. The minimum absolute atomic E-state index is 0.00606. The second-order valence-electron chi connectivity index (χ2n) is 6.46. The number of nitrogens with one attached hydrogen (secondary N) is 1. The van der Waals surface area contributed by atoms with Crippen LogP contribution in [0.3, 0.4) is 0 Å². The summed E-state index contributed by atoms with van der Waals surface area (Å²) in [6, 6.07) is 2.68. The number of nitrogens with zero attached hydrogens (tertiary/aromatic N) is 2. The lowest BCUT2D eigenvalue weighted by atomic mass is 9.92. The van der Waals surface area contributed by atoms with Crippen molar-refractivity contribution in [2.75, 3.05) is 5.32 Å². The lowest BCUT2D eigenvalue weighted by Gasteiger charge is -2.19. The number of hydrogen-bond donors (Lipinski definition) is 2. The summed E-state index contributed by atoms with van der Waals surface area (Å²) < 4.78 is 13.6. The van der Waals surface area contributed by atoms with Crippen molar-refractivity contribution in [2.45, 2.75) is 34.1 Å². The van der Waals surface area contributed by atoms with Gasteiger partial charge in [0.1, 0.15) is 11.4 Å². The van der Waals surface area contributed by atoms with Crippen LogP contribution in [0.1, 0.15) is 42.4 Å². The Morgan fingerprint density at radius 3 is 2.68 bits per heavy atom. The largest absolute Gasteiger partial charge is 0.478 e. The van der Waals surface area contributed by atoms with Gasteiger partial charge in [-0.3, -0.25) is 4.98 Å². The molecule has 0 saturated carbocycles. The molecule has 0 saturated heterocycles. The minimum Gasteiger partial charge on any atom is -0.478 e. The molecule has 1 atom stereocenters. The third-order valence-electron chi connectivity index (χ3n) is 4.30. The first-order chi connectivity index (χ1) is 11.7. The van der Waals surface area contributed by atoms with E-state index in [0.29, 0.717) is 17.5 Å². The van der Waals surface area contributed by atoms with E-state index in [-0.39, 0.29) is 16.5 Å². The highest BCUT2D eigenvalue weighted by molar-refractivity contribution is 6.29. The molecule has 25 heavy (non-hydrogen) atoms. The smallest absolute Gasteiger partial charge is 0.339 e. The van der Waals surface area contributed by atoms with Gasteiger partial charge in [-0.25, -0.2) is 14.2 Å². The molecule has 2 aromatic rings. The molecule has 0 amide bonds. The summed E-state index contributed by atoms with van der Waals surface area (Å²) in [6.07, 6.45) is 2.44. The Hall–Kier alpha value is -2.21. The van der Waals surface area contributed by atoms with Gasteiger partial charge in [0.25, 0.3) is 0 Å². The van der Waals surface area contributed by atoms with Gasteiger partial charge in [0.15, 0.2) is 11.0 Å². The molecule has 2 aromatic heterocycles. The van der Waals surface area contributed by atoms with Crippen molar-refractivity contribution < 1.29 is 14.3 Å². The Morgan fingerprint density at radius 1 is 1.40 bits per heavy atom. The average molecular weight is 366 g/mol. The first-order valence-corrected chi connectivity index (χ1v) is 8.39. The average Bonchev–Trinajstić information content (AvgIpc) is 2.53. The van der Waals surface area contributed by atoms with Gasteiger partial charge in [-0.05, 0) is 42.9 Å². The summed E-state index contributed by atoms with van der Waals surface area (Å²) in [5.74, 6) is -1.31. The van der Waals surface area contributed by atoms with E-state index in [0.717, 1.165) is 23.7 Å². The van der Waals surface area contributed by atoms with Crippen LogP contribution in [0.15, 0.2) is 18.3 Å². The molecule has 0 fully saturated rings. The SMILES string of the molecule is Cc1ccnc(CC(C)C(C)C)c1Nc1nc(Cl)c(F)cc1C(=O)O.